The van der Waals surface area contributed by atoms with Gasteiger partial charge in [0.2, 0.25) is 0 Å². The molecule has 6 heteroatoms. The van der Waals surface area contributed by atoms with E-state index >= 15 is 0 Å². The maximum Gasteiger partial charge on any atom is 0.322 e. The summed E-state index contributed by atoms with van der Waals surface area (Å²) >= 11 is 0. The maximum atomic E-state index is 12.5. The second-order valence-electron chi connectivity index (χ2n) is 5.81. The summed E-state index contributed by atoms with van der Waals surface area (Å²) in [4.78, 5) is 14.3. The van der Waals surface area contributed by atoms with Gasteiger partial charge in [-0.05, 0) is 30.2 Å². The molecule has 2 heterocycles. The quantitative estimate of drug-likeness (QED) is 0.679. The van der Waals surface area contributed by atoms with E-state index in [1.54, 1.807) is 0 Å². The second kappa shape index (κ2) is 5.01. The number of nitrogens with zero attached hydrogens (tertiary/aromatic N) is 2. The van der Waals surface area contributed by atoms with E-state index < -0.39 is 0 Å². The van der Waals surface area contributed by atoms with Crippen LogP contribution < -0.4 is 11.1 Å². The Kier molecular flexibility index (Phi) is 2.97. The lowest BCUT2D eigenvalue weighted by Crippen LogP contribution is -2.40. The molecule has 0 spiro atoms. The van der Waals surface area contributed by atoms with Gasteiger partial charge in [-0.1, -0.05) is 30.3 Å². The van der Waals surface area contributed by atoms with Crippen LogP contribution in [0.4, 0.5) is 16.3 Å². The molecule has 3 aromatic rings. The first kappa shape index (κ1) is 13.6. The van der Waals surface area contributed by atoms with Crippen molar-refractivity contribution in [2.75, 3.05) is 11.1 Å². The summed E-state index contributed by atoms with van der Waals surface area (Å²) in [7, 11) is 0. The number of hydrogen-bond acceptors (Lipinski definition) is 3. The number of nitrogens with one attached hydrogen (secondary N) is 2. The van der Waals surface area contributed by atoms with Crippen molar-refractivity contribution in [1.29, 1.82) is 0 Å². The number of benzene rings is 2. The van der Waals surface area contributed by atoms with E-state index in [1.807, 2.05) is 54.3 Å². The Morgan fingerprint density at radius 1 is 1.26 bits per heavy atom. The fraction of sp³-hybridized carbons (Fsp3) is 0.176. The molecule has 2 amide bonds. The number of aromatic amines is 1. The van der Waals surface area contributed by atoms with Crippen LogP contribution in [0.15, 0.2) is 42.5 Å². The Labute approximate surface area is 133 Å². The number of fused-ring (bicyclic) bond motifs is 2. The normalized spacial score (nSPS) is 15.3. The van der Waals surface area contributed by atoms with Crippen LogP contribution in [0.25, 0.3) is 10.9 Å². The number of amides is 2. The fourth-order valence-corrected chi connectivity index (χ4v) is 3.04. The van der Waals surface area contributed by atoms with Crippen LogP contribution in [0.1, 0.15) is 24.1 Å². The molecule has 4 N–H and O–H groups in total. The lowest BCUT2D eigenvalue weighted by Gasteiger charge is -2.34. The second-order valence-corrected chi connectivity index (χ2v) is 5.81. The lowest BCUT2D eigenvalue weighted by molar-refractivity contribution is 0.186. The number of carbonyl (C=O) groups is 1. The van der Waals surface area contributed by atoms with Crippen LogP contribution in [-0.4, -0.2) is 21.1 Å². The number of nitrogen functional groups attached to an aromatic ring is 1. The van der Waals surface area contributed by atoms with Crippen molar-refractivity contribution in [2.45, 2.75) is 19.5 Å². The predicted molar refractivity (Wildman–Crippen MR) is 89.9 cm³/mol. The molecule has 6 nitrogen and oxygen atoms in total. The molecular formula is C17H17N5O. The van der Waals surface area contributed by atoms with E-state index in [4.69, 9.17) is 5.73 Å². The Bertz CT molecular complexity index is 887. The molecule has 4 rings (SSSR count). The van der Waals surface area contributed by atoms with Crippen LogP contribution >= 0.6 is 0 Å². The third-order valence-electron chi connectivity index (χ3n) is 4.41. The van der Waals surface area contributed by atoms with Gasteiger partial charge in [-0.3, -0.25) is 5.10 Å². The van der Waals surface area contributed by atoms with Gasteiger partial charge in [-0.2, -0.15) is 5.10 Å². The number of anilines is 2. The lowest BCUT2D eigenvalue weighted by atomic mass is 10.0. The smallest absolute Gasteiger partial charge is 0.322 e. The number of aromatic nitrogens is 2. The molecule has 0 radical (unpaired) electrons. The number of hydrogen-bond donors (Lipinski definition) is 3. The Morgan fingerprint density at radius 2 is 2.04 bits per heavy atom. The van der Waals surface area contributed by atoms with E-state index in [0.717, 1.165) is 27.7 Å². The molecule has 1 atom stereocenters. The number of H-pyrrole nitrogens is 1. The van der Waals surface area contributed by atoms with Crippen molar-refractivity contribution in [1.82, 2.24) is 15.1 Å². The van der Waals surface area contributed by atoms with Gasteiger partial charge in [0.15, 0.2) is 5.82 Å². The Hall–Kier alpha value is -3.02. The molecule has 0 saturated heterocycles. The van der Waals surface area contributed by atoms with Gasteiger partial charge >= 0.3 is 6.03 Å². The number of nitrogens with two attached hydrogens (primary N) is 1. The van der Waals surface area contributed by atoms with E-state index in [1.165, 1.54) is 0 Å². The predicted octanol–water partition coefficient (Wildman–Crippen LogP) is 3.25. The van der Waals surface area contributed by atoms with Gasteiger partial charge < -0.3 is 16.0 Å². The summed E-state index contributed by atoms with van der Waals surface area (Å²) in [6.45, 7) is 2.57. The Balaban J connectivity index is 1.72. The zero-order valence-electron chi connectivity index (χ0n) is 12.7. The first-order chi connectivity index (χ1) is 11.1. The molecular weight excluding hydrogens is 290 g/mol. The third kappa shape index (κ3) is 2.19. The first-order valence-electron chi connectivity index (χ1n) is 7.52. The average molecular weight is 307 g/mol. The highest BCUT2D eigenvalue weighted by Gasteiger charge is 2.28. The van der Waals surface area contributed by atoms with Crippen LogP contribution in [0.3, 0.4) is 0 Å². The van der Waals surface area contributed by atoms with Crippen molar-refractivity contribution >= 4 is 28.4 Å². The molecule has 0 bridgehead atoms. The topological polar surface area (TPSA) is 87.0 Å². The van der Waals surface area contributed by atoms with Crippen molar-refractivity contribution in [3.8, 4) is 0 Å². The van der Waals surface area contributed by atoms with Gasteiger partial charge in [0.1, 0.15) is 0 Å². The van der Waals surface area contributed by atoms with Gasteiger partial charge in [0, 0.05) is 11.1 Å². The standard InChI is InChI=1S/C17H17N5O/c1-10(11-5-3-2-4-6-11)22-9-12-7-13-15(20-21-16(13)18)8-14(12)19-17(22)23/h2-8,10H,9H2,1H3,(H,19,23)(H3,18,20,21). The SMILES string of the molecule is CC(c1ccccc1)N1Cc2cc3c(N)n[nH]c3cc2NC1=O. The molecule has 1 unspecified atom stereocenters. The van der Waals surface area contributed by atoms with Crippen LogP contribution in [0.2, 0.25) is 0 Å². The zero-order valence-corrected chi connectivity index (χ0v) is 12.7. The molecule has 23 heavy (non-hydrogen) atoms. The van der Waals surface area contributed by atoms with Gasteiger partial charge in [0.05, 0.1) is 18.1 Å². The fourth-order valence-electron chi connectivity index (χ4n) is 3.04. The number of rotatable bonds is 2. The van der Waals surface area contributed by atoms with Crippen LogP contribution in [0, 0.1) is 0 Å². The molecule has 116 valence electrons. The van der Waals surface area contributed by atoms with E-state index in [2.05, 4.69) is 15.5 Å². The minimum atomic E-state index is -0.0966. The summed E-state index contributed by atoms with van der Waals surface area (Å²) in [5, 5.41) is 10.7. The highest BCUT2D eigenvalue weighted by Crippen LogP contribution is 2.33. The number of carbonyl (C=O) groups excluding carboxylic acids is 1. The average Bonchev–Trinajstić information content (AvgIpc) is 2.93. The molecule has 1 aromatic heterocycles. The van der Waals surface area contributed by atoms with Crippen molar-refractivity contribution < 1.29 is 4.79 Å². The highest BCUT2D eigenvalue weighted by molar-refractivity contribution is 5.98. The third-order valence-corrected chi connectivity index (χ3v) is 4.41. The largest absolute Gasteiger partial charge is 0.382 e. The summed E-state index contributed by atoms with van der Waals surface area (Å²) in [6, 6.07) is 13.8. The molecule has 0 aliphatic carbocycles. The molecule has 1 aliphatic heterocycles. The minimum absolute atomic E-state index is 0.0123. The summed E-state index contributed by atoms with van der Waals surface area (Å²) < 4.78 is 0. The summed E-state index contributed by atoms with van der Waals surface area (Å²) in [5.41, 5.74) is 9.65. The Morgan fingerprint density at radius 3 is 2.83 bits per heavy atom. The van der Waals surface area contributed by atoms with Crippen LogP contribution in [0.5, 0.6) is 0 Å². The van der Waals surface area contributed by atoms with Crippen LogP contribution in [-0.2, 0) is 6.54 Å². The minimum Gasteiger partial charge on any atom is -0.382 e. The molecule has 2 aromatic carbocycles. The highest BCUT2D eigenvalue weighted by atomic mass is 16.2. The van der Waals surface area contributed by atoms with Gasteiger partial charge in [0.25, 0.3) is 0 Å². The summed E-state index contributed by atoms with van der Waals surface area (Å²) in [6.07, 6.45) is 0. The van der Waals surface area contributed by atoms with Crippen molar-refractivity contribution in [3.63, 3.8) is 0 Å². The van der Waals surface area contributed by atoms with Crippen molar-refractivity contribution in [3.05, 3.63) is 53.6 Å². The first-order valence-corrected chi connectivity index (χ1v) is 7.52. The van der Waals surface area contributed by atoms with E-state index in [0.29, 0.717) is 12.4 Å². The van der Waals surface area contributed by atoms with E-state index in [9.17, 15) is 4.79 Å². The maximum absolute atomic E-state index is 12.5. The van der Waals surface area contributed by atoms with Gasteiger partial charge in [-0.15, -0.1) is 0 Å². The summed E-state index contributed by atoms with van der Waals surface area (Å²) in [5.74, 6) is 0.474. The number of urea groups is 1. The molecule has 0 saturated carbocycles. The monoisotopic (exact) mass is 307 g/mol. The van der Waals surface area contributed by atoms with Gasteiger partial charge in [-0.25, -0.2) is 4.79 Å². The zero-order chi connectivity index (χ0) is 16.0. The van der Waals surface area contributed by atoms with Crippen molar-refractivity contribution in [2.24, 2.45) is 0 Å². The molecule has 1 aliphatic rings. The molecule has 0 fully saturated rings. The van der Waals surface area contributed by atoms with E-state index in [-0.39, 0.29) is 12.1 Å².